The lowest BCUT2D eigenvalue weighted by atomic mass is 10.4. The molecule has 1 aromatic rings. The minimum atomic E-state index is -4.39. The van der Waals surface area contributed by atoms with Crippen LogP contribution in [-0.2, 0) is 10.0 Å². The molecule has 0 aromatic carbocycles. The van der Waals surface area contributed by atoms with Gasteiger partial charge in [-0.1, -0.05) is 11.6 Å². The number of alkyl halides is 3. The lowest BCUT2D eigenvalue weighted by molar-refractivity contribution is -0.132. The first-order chi connectivity index (χ1) is 7.62. The summed E-state index contributed by atoms with van der Waals surface area (Å²) in [4.78, 5) is 0. The van der Waals surface area contributed by atoms with Gasteiger partial charge in [0, 0.05) is 6.54 Å². The van der Waals surface area contributed by atoms with Crippen LogP contribution in [0.4, 0.5) is 13.2 Å². The van der Waals surface area contributed by atoms with E-state index >= 15 is 0 Å². The second-order valence-electron chi connectivity index (χ2n) is 2.95. The van der Waals surface area contributed by atoms with Gasteiger partial charge in [-0.15, -0.1) is 11.3 Å². The zero-order valence-electron chi connectivity index (χ0n) is 8.01. The smallest absolute Gasteiger partial charge is 0.210 e. The van der Waals surface area contributed by atoms with Crippen molar-refractivity contribution in [1.82, 2.24) is 4.72 Å². The molecule has 17 heavy (non-hydrogen) atoms. The molecule has 0 radical (unpaired) electrons. The molecule has 3 nitrogen and oxygen atoms in total. The summed E-state index contributed by atoms with van der Waals surface area (Å²) in [6.45, 7) is -0.695. The molecular weight excluding hydrogens is 367 g/mol. The largest absolute Gasteiger partial charge is 0.390 e. The van der Waals surface area contributed by atoms with E-state index in [-0.39, 0.29) is 9.23 Å². The predicted octanol–water partition coefficient (Wildman–Crippen LogP) is 3.39. The molecule has 0 bridgehead atoms. The van der Waals surface area contributed by atoms with Crippen LogP contribution in [0.1, 0.15) is 6.42 Å². The number of nitrogens with one attached hydrogen (secondary N) is 1. The van der Waals surface area contributed by atoms with E-state index in [1.165, 1.54) is 6.07 Å². The zero-order valence-corrected chi connectivity index (χ0v) is 12.0. The maximum absolute atomic E-state index is 11.8. The molecule has 0 saturated carbocycles. The summed E-state index contributed by atoms with van der Waals surface area (Å²) >= 11 is 9.49. The summed E-state index contributed by atoms with van der Waals surface area (Å²) in [5.41, 5.74) is 0. The van der Waals surface area contributed by atoms with Gasteiger partial charge in [-0.05, 0) is 22.0 Å². The van der Waals surface area contributed by atoms with Crippen LogP contribution in [0.3, 0.4) is 0 Å². The summed E-state index contributed by atoms with van der Waals surface area (Å²) in [6, 6.07) is 1.17. The fourth-order valence-corrected chi connectivity index (χ4v) is 4.33. The fourth-order valence-electron chi connectivity index (χ4n) is 0.857. The molecule has 0 spiro atoms. The summed E-state index contributed by atoms with van der Waals surface area (Å²) in [5, 5.41) is 0.200. The van der Waals surface area contributed by atoms with E-state index in [4.69, 9.17) is 11.6 Å². The number of sulfonamides is 1. The standard InChI is InChI=1S/C7H6BrClF3NO2S2/c8-6-4(9)3-5(16-6)17(14,15)13-2-1-7(10,11)12/h3,13H,1-2H2. The third-order valence-corrected chi connectivity index (χ3v) is 6.00. The Bertz CT molecular complexity index is 480. The molecule has 1 heterocycles. The van der Waals surface area contributed by atoms with Crippen LogP contribution in [0.15, 0.2) is 14.1 Å². The van der Waals surface area contributed by atoms with Crippen LogP contribution in [0.25, 0.3) is 0 Å². The maximum Gasteiger partial charge on any atom is 0.390 e. The van der Waals surface area contributed by atoms with E-state index in [1.807, 2.05) is 4.72 Å². The van der Waals surface area contributed by atoms with Gasteiger partial charge < -0.3 is 0 Å². The summed E-state index contributed by atoms with van der Waals surface area (Å²) in [5.74, 6) is 0. The molecule has 0 aliphatic carbocycles. The van der Waals surface area contributed by atoms with E-state index in [1.54, 1.807) is 0 Å². The third kappa shape index (κ3) is 4.74. The molecule has 0 unspecified atom stereocenters. The Labute approximate surface area is 113 Å². The molecule has 0 aliphatic rings. The van der Waals surface area contributed by atoms with Crippen LogP contribution in [-0.4, -0.2) is 21.1 Å². The van der Waals surface area contributed by atoms with E-state index in [9.17, 15) is 21.6 Å². The Morgan fingerprint density at radius 1 is 1.47 bits per heavy atom. The molecule has 1 aromatic heterocycles. The highest BCUT2D eigenvalue weighted by Gasteiger charge is 2.28. The lowest BCUT2D eigenvalue weighted by Crippen LogP contribution is -2.27. The van der Waals surface area contributed by atoms with Crippen molar-refractivity contribution in [3.63, 3.8) is 0 Å². The molecule has 0 aliphatic heterocycles. The zero-order chi connectivity index (χ0) is 13.3. The van der Waals surface area contributed by atoms with Gasteiger partial charge in [0.15, 0.2) is 0 Å². The van der Waals surface area contributed by atoms with Gasteiger partial charge in [-0.2, -0.15) is 13.2 Å². The van der Waals surface area contributed by atoms with Crippen molar-refractivity contribution in [3.8, 4) is 0 Å². The first-order valence-corrected chi connectivity index (χ1v) is 7.60. The maximum atomic E-state index is 11.8. The average molecular weight is 373 g/mol. The average Bonchev–Trinajstić information content (AvgIpc) is 2.45. The van der Waals surface area contributed by atoms with E-state index < -0.39 is 29.2 Å². The second kappa shape index (κ2) is 5.43. The quantitative estimate of drug-likeness (QED) is 0.880. The first-order valence-electron chi connectivity index (χ1n) is 4.13. The monoisotopic (exact) mass is 371 g/mol. The number of thiophene rings is 1. The van der Waals surface area contributed by atoms with Crippen molar-refractivity contribution >= 4 is 48.9 Å². The minimum Gasteiger partial charge on any atom is -0.210 e. The van der Waals surface area contributed by atoms with E-state index in [2.05, 4.69) is 15.9 Å². The Kier molecular flexibility index (Phi) is 4.87. The van der Waals surface area contributed by atoms with Gasteiger partial charge in [0.25, 0.3) is 0 Å². The van der Waals surface area contributed by atoms with Gasteiger partial charge in [-0.3, -0.25) is 0 Å². The third-order valence-electron chi connectivity index (χ3n) is 1.59. The van der Waals surface area contributed by atoms with Gasteiger partial charge in [0.05, 0.1) is 15.2 Å². The molecule has 98 valence electrons. The van der Waals surface area contributed by atoms with Crippen molar-refractivity contribution in [2.45, 2.75) is 16.8 Å². The van der Waals surface area contributed by atoms with Crippen LogP contribution in [0.5, 0.6) is 0 Å². The Morgan fingerprint density at radius 3 is 2.47 bits per heavy atom. The topological polar surface area (TPSA) is 46.2 Å². The molecule has 0 fully saturated rings. The van der Waals surface area contributed by atoms with Gasteiger partial charge in [0.2, 0.25) is 10.0 Å². The molecule has 0 saturated heterocycles. The fraction of sp³-hybridized carbons (Fsp3) is 0.429. The first kappa shape index (κ1) is 15.2. The second-order valence-corrected chi connectivity index (χ2v) is 7.72. The van der Waals surface area contributed by atoms with Crippen LogP contribution < -0.4 is 4.72 Å². The molecule has 1 N–H and O–H groups in total. The number of rotatable bonds is 4. The summed E-state index contributed by atoms with van der Waals surface area (Å²) in [7, 11) is -3.93. The highest BCUT2D eigenvalue weighted by molar-refractivity contribution is 9.11. The van der Waals surface area contributed by atoms with Gasteiger partial charge in [0.1, 0.15) is 4.21 Å². The summed E-state index contributed by atoms with van der Waals surface area (Å²) < 4.78 is 60.7. The van der Waals surface area contributed by atoms with Crippen molar-refractivity contribution in [1.29, 1.82) is 0 Å². The predicted molar refractivity (Wildman–Crippen MR) is 62.9 cm³/mol. The van der Waals surface area contributed by atoms with Crippen molar-refractivity contribution in [2.75, 3.05) is 6.54 Å². The molecule has 0 atom stereocenters. The van der Waals surface area contributed by atoms with E-state index in [0.29, 0.717) is 3.79 Å². The van der Waals surface area contributed by atoms with Crippen molar-refractivity contribution in [3.05, 3.63) is 14.9 Å². The van der Waals surface area contributed by atoms with Crippen LogP contribution in [0, 0.1) is 0 Å². The van der Waals surface area contributed by atoms with Crippen molar-refractivity contribution < 1.29 is 21.6 Å². The Hall–Kier alpha value is 0.170. The van der Waals surface area contributed by atoms with Crippen LogP contribution in [0.2, 0.25) is 5.02 Å². The highest BCUT2D eigenvalue weighted by atomic mass is 79.9. The minimum absolute atomic E-state index is 0.128. The summed E-state index contributed by atoms with van der Waals surface area (Å²) in [6.07, 6.45) is -5.61. The van der Waals surface area contributed by atoms with Crippen LogP contribution >= 0.6 is 38.9 Å². The molecule has 10 heteroatoms. The Morgan fingerprint density at radius 2 is 2.06 bits per heavy atom. The lowest BCUT2D eigenvalue weighted by Gasteiger charge is -2.07. The van der Waals surface area contributed by atoms with Crippen molar-refractivity contribution in [2.24, 2.45) is 0 Å². The molecule has 1 rings (SSSR count). The van der Waals surface area contributed by atoms with Gasteiger partial charge >= 0.3 is 6.18 Å². The number of hydrogen-bond donors (Lipinski definition) is 1. The molecule has 0 amide bonds. The molecular formula is C7H6BrClF3NO2S2. The van der Waals surface area contributed by atoms with Gasteiger partial charge in [-0.25, -0.2) is 13.1 Å². The number of hydrogen-bond acceptors (Lipinski definition) is 3. The van der Waals surface area contributed by atoms with E-state index in [0.717, 1.165) is 11.3 Å². The SMILES string of the molecule is O=S(=O)(NCCC(F)(F)F)c1cc(Cl)c(Br)s1. The highest BCUT2D eigenvalue weighted by Crippen LogP contribution is 2.34. The Balaban J connectivity index is 2.70. The number of halogens is 5. The normalized spacial score (nSPS) is 13.0.